The van der Waals surface area contributed by atoms with Crippen LogP contribution in [-0.2, 0) is 16.1 Å². The van der Waals surface area contributed by atoms with Crippen LogP contribution in [0.25, 0.3) is 11.0 Å². The fourth-order valence-electron chi connectivity index (χ4n) is 4.18. The van der Waals surface area contributed by atoms with Gasteiger partial charge in [-0.2, -0.15) is 5.10 Å². The van der Waals surface area contributed by atoms with Crippen LogP contribution in [0.3, 0.4) is 0 Å². The van der Waals surface area contributed by atoms with Gasteiger partial charge in [-0.05, 0) is 39.0 Å². The number of hydrogen-bond donors (Lipinski definition) is 1. The van der Waals surface area contributed by atoms with Crippen molar-refractivity contribution in [2.75, 3.05) is 18.5 Å². The fraction of sp³-hybridized carbons (Fsp3) is 0.632. The molecule has 138 valence electrons. The normalized spacial score (nSPS) is 22.3. The summed E-state index contributed by atoms with van der Waals surface area (Å²) in [5.41, 5.74) is 4.04. The van der Waals surface area contributed by atoms with Gasteiger partial charge in [0.1, 0.15) is 5.60 Å². The van der Waals surface area contributed by atoms with Crippen molar-refractivity contribution in [1.82, 2.24) is 14.8 Å². The summed E-state index contributed by atoms with van der Waals surface area (Å²) in [6.45, 7) is 4.51. The minimum atomic E-state index is -0.0478. The van der Waals surface area contributed by atoms with Crippen molar-refractivity contribution in [3.63, 3.8) is 0 Å². The molecule has 1 aliphatic carbocycles. The van der Waals surface area contributed by atoms with Gasteiger partial charge >= 0.3 is 0 Å². The lowest BCUT2D eigenvalue weighted by Crippen LogP contribution is -2.37. The molecule has 2 aromatic heterocycles. The lowest BCUT2D eigenvalue weighted by atomic mass is 9.76. The Kier molecular flexibility index (Phi) is 3.85. The maximum absolute atomic E-state index is 5.82. The first-order valence-electron chi connectivity index (χ1n) is 9.72. The predicted octanol–water partition coefficient (Wildman–Crippen LogP) is 3.09. The largest absolute Gasteiger partial charge is 0.389 e. The Morgan fingerprint density at radius 2 is 2.12 bits per heavy atom. The van der Waals surface area contributed by atoms with E-state index in [0.717, 1.165) is 79.9 Å². The molecular formula is C19H25N5O2. The molecule has 0 amide bonds. The van der Waals surface area contributed by atoms with Crippen LogP contribution in [0.4, 0.5) is 5.69 Å². The topological polar surface area (TPSA) is 73.6 Å². The first kappa shape index (κ1) is 16.1. The molecule has 1 saturated heterocycles. The zero-order valence-electron chi connectivity index (χ0n) is 15.2. The van der Waals surface area contributed by atoms with Crippen LogP contribution in [0.1, 0.15) is 51.0 Å². The van der Waals surface area contributed by atoms with Crippen molar-refractivity contribution in [3.05, 3.63) is 18.0 Å². The summed E-state index contributed by atoms with van der Waals surface area (Å²) in [7, 11) is 0. The van der Waals surface area contributed by atoms with Gasteiger partial charge in [0.2, 0.25) is 0 Å². The van der Waals surface area contributed by atoms with Crippen LogP contribution in [0.15, 0.2) is 17.5 Å². The van der Waals surface area contributed by atoms with E-state index < -0.39 is 0 Å². The molecule has 1 N–H and O–H groups in total. The lowest BCUT2D eigenvalue weighted by molar-refractivity contribution is -0.0755. The van der Waals surface area contributed by atoms with Crippen molar-refractivity contribution in [2.45, 2.75) is 63.6 Å². The highest BCUT2D eigenvalue weighted by atomic mass is 16.7. The molecule has 2 aliphatic heterocycles. The van der Waals surface area contributed by atoms with Crippen molar-refractivity contribution >= 4 is 22.4 Å². The second-order valence-electron chi connectivity index (χ2n) is 7.62. The summed E-state index contributed by atoms with van der Waals surface area (Å²) in [5, 5.41) is 13.8. The molecule has 2 aromatic rings. The van der Waals surface area contributed by atoms with E-state index >= 15 is 0 Å². The van der Waals surface area contributed by atoms with Gasteiger partial charge in [-0.25, -0.2) is 9.67 Å². The Bertz CT molecular complexity index is 849. The number of rotatable bonds is 4. The second-order valence-corrected chi connectivity index (χ2v) is 7.62. The molecule has 0 aromatic carbocycles. The Morgan fingerprint density at radius 3 is 2.81 bits per heavy atom. The number of anilines is 1. The van der Waals surface area contributed by atoms with Crippen LogP contribution in [0, 0.1) is 0 Å². The maximum Gasteiger partial charge on any atom is 0.159 e. The van der Waals surface area contributed by atoms with Crippen LogP contribution in [0.5, 0.6) is 0 Å². The van der Waals surface area contributed by atoms with Crippen LogP contribution >= 0.6 is 0 Å². The van der Waals surface area contributed by atoms with Crippen LogP contribution < -0.4 is 5.32 Å². The number of fused-ring (bicyclic) bond motifs is 1. The number of ether oxygens (including phenoxy) is 1. The molecule has 2 fully saturated rings. The van der Waals surface area contributed by atoms with E-state index in [1.54, 1.807) is 0 Å². The van der Waals surface area contributed by atoms with Gasteiger partial charge in [-0.15, -0.1) is 0 Å². The van der Waals surface area contributed by atoms with E-state index in [4.69, 9.17) is 14.6 Å². The summed E-state index contributed by atoms with van der Waals surface area (Å²) in [4.78, 5) is 10.5. The van der Waals surface area contributed by atoms with E-state index in [1.165, 1.54) is 6.42 Å². The molecule has 4 heterocycles. The number of nitrogens with one attached hydrogen (secondary N) is 1. The molecule has 7 heteroatoms. The van der Waals surface area contributed by atoms with Crippen molar-refractivity contribution < 1.29 is 9.57 Å². The summed E-state index contributed by atoms with van der Waals surface area (Å²) in [6, 6.07) is 0.402. The monoisotopic (exact) mass is 355 g/mol. The molecule has 26 heavy (non-hydrogen) atoms. The Balaban J connectivity index is 1.54. The zero-order chi connectivity index (χ0) is 17.6. The third-order valence-electron chi connectivity index (χ3n) is 5.95. The molecular weight excluding hydrogens is 330 g/mol. The summed E-state index contributed by atoms with van der Waals surface area (Å²) < 4.78 is 7.45. The van der Waals surface area contributed by atoms with Gasteiger partial charge in [0.15, 0.2) is 5.65 Å². The molecule has 7 nitrogen and oxygen atoms in total. The third-order valence-corrected chi connectivity index (χ3v) is 5.95. The first-order chi connectivity index (χ1) is 12.8. The number of nitrogens with zero attached hydrogens (tertiary/aromatic N) is 4. The van der Waals surface area contributed by atoms with Crippen LogP contribution in [-0.4, -0.2) is 45.3 Å². The second kappa shape index (κ2) is 6.23. The Labute approximate surface area is 152 Å². The zero-order valence-corrected chi connectivity index (χ0v) is 15.2. The predicted molar refractivity (Wildman–Crippen MR) is 99.5 cm³/mol. The molecule has 0 unspecified atom stereocenters. The van der Waals surface area contributed by atoms with Gasteiger partial charge in [-0.1, -0.05) is 5.16 Å². The standard InChI is InChI=1S/C19H25N5O2/c1-2-24-18-15(12-21-24)17(22-13-4-8-25-9-5-13)14(11-20-18)16-10-19(26-23-16)6-3-7-19/h11-13H,2-10H2,1H3,(H,20,22). The van der Waals surface area contributed by atoms with E-state index in [1.807, 2.05) is 17.1 Å². The highest BCUT2D eigenvalue weighted by molar-refractivity contribution is 6.10. The summed E-state index contributed by atoms with van der Waals surface area (Å²) in [6.07, 6.45) is 10.2. The number of pyridine rings is 1. The number of hydrogen-bond acceptors (Lipinski definition) is 6. The minimum absolute atomic E-state index is 0.0478. The average Bonchev–Trinajstić information content (AvgIpc) is 3.27. The maximum atomic E-state index is 5.82. The Morgan fingerprint density at radius 1 is 1.27 bits per heavy atom. The third kappa shape index (κ3) is 2.57. The minimum Gasteiger partial charge on any atom is -0.389 e. The van der Waals surface area contributed by atoms with Gasteiger partial charge in [-0.3, -0.25) is 0 Å². The highest BCUT2D eigenvalue weighted by Gasteiger charge is 2.45. The molecule has 0 bridgehead atoms. The fourth-order valence-corrected chi connectivity index (χ4v) is 4.18. The molecule has 0 atom stereocenters. The molecule has 3 aliphatic rings. The van der Waals surface area contributed by atoms with Crippen molar-refractivity contribution in [1.29, 1.82) is 0 Å². The number of aromatic nitrogens is 3. The van der Waals surface area contributed by atoms with Gasteiger partial charge in [0.05, 0.1) is 23.0 Å². The first-order valence-corrected chi connectivity index (χ1v) is 9.72. The molecule has 1 spiro atoms. The van der Waals surface area contributed by atoms with E-state index in [9.17, 15) is 0 Å². The highest BCUT2D eigenvalue weighted by Crippen LogP contribution is 2.44. The van der Waals surface area contributed by atoms with Crippen molar-refractivity contribution in [3.8, 4) is 0 Å². The van der Waals surface area contributed by atoms with E-state index in [2.05, 4.69) is 22.5 Å². The van der Waals surface area contributed by atoms with Gasteiger partial charge in [0.25, 0.3) is 0 Å². The quantitative estimate of drug-likeness (QED) is 0.912. The summed E-state index contributed by atoms with van der Waals surface area (Å²) >= 11 is 0. The van der Waals surface area contributed by atoms with E-state index in [-0.39, 0.29) is 5.60 Å². The molecule has 5 rings (SSSR count). The Hall–Kier alpha value is -2.15. The van der Waals surface area contributed by atoms with Gasteiger partial charge in [0, 0.05) is 44.0 Å². The lowest BCUT2D eigenvalue weighted by Gasteiger charge is -2.34. The SMILES string of the molecule is CCn1ncc2c(NC3CCOCC3)c(C3=NOC4(CCC4)C3)cnc21. The van der Waals surface area contributed by atoms with Crippen molar-refractivity contribution in [2.24, 2.45) is 5.16 Å². The van der Waals surface area contributed by atoms with Gasteiger partial charge < -0.3 is 14.9 Å². The summed E-state index contributed by atoms with van der Waals surface area (Å²) in [5.74, 6) is 0. The number of oxime groups is 1. The number of aryl methyl sites for hydroxylation is 1. The van der Waals surface area contributed by atoms with E-state index in [0.29, 0.717) is 6.04 Å². The average molecular weight is 355 g/mol. The smallest absolute Gasteiger partial charge is 0.159 e. The molecule has 0 radical (unpaired) electrons. The molecule has 1 saturated carbocycles. The van der Waals surface area contributed by atoms with Crippen LogP contribution in [0.2, 0.25) is 0 Å².